The van der Waals surface area contributed by atoms with Gasteiger partial charge >= 0.3 is 0 Å². The number of benzene rings is 2. The Hall–Kier alpha value is -2.86. The minimum absolute atomic E-state index is 0.0168. The molecule has 3 aromatic rings. The van der Waals surface area contributed by atoms with Crippen LogP contribution in [0.1, 0.15) is 36.3 Å². The standard InChI is InChI=1S/C22H25N3O3/c1-15-18-13-17(28-2)8-7-16(18)9-11-24(15)22(27)10-12-25-20-6-4-3-5-19(20)23-21(25)14-26/h3-8,13,15,26H,9-12,14H2,1-2H3. The van der Waals surface area contributed by atoms with E-state index in [2.05, 4.69) is 18.0 Å². The number of para-hydroxylation sites is 2. The van der Waals surface area contributed by atoms with Crippen molar-refractivity contribution in [1.82, 2.24) is 14.5 Å². The van der Waals surface area contributed by atoms with Gasteiger partial charge in [-0.25, -0.2) is 4.98 Å². The molecule has 1 aromatic heterocycles. The third-order valence-electron chi connectivity index (χ3n) is 5.64. The van der Waals surface area contributed by atoms with Crippen molar-refractivity contribution in [3.05, 3.63) is 59.4 Å². The number of hydrogen-bond donors (Lipinski definition) is 1. The molecule has 1 aliphatic rings. The van der Waals surface area contributed by atoms with E-state index < -0.39 is 0 Å². The van der Waals surface area contributed by atoms with Gasteiger partial charge in [0.2, 0.25) is 5.91 Å². The average molecular weight is 379 g/mol. The van der Waals surface area contributed by atoms with Crippen LogP contribution in [0.2, 0.25) is 0 Å². The Morgan fingerprint density at radius 3 is 2.89 bits per heavy atom. The van der Waals surface area contributed by atoms with E-state index >= 15 is 0 Å². The summed E-state index contributed by atoms with van der Waals surface area (Å²) in [6.07, 6.45) is 1.22. The quantitative estimate of drug-likeness (QED) is 0.740. The molecule has 6 heteroatoms. The van der Waals surface area contributed by atoms with E-state index in [0.29, 0.717) is 18.8 Å². The Morgan fingerprint density at radius 1 is 1.29 bits per heavy atom. The molecule has 0 bridgehead atoms. The molecule has 0 aliphatic carbocycles. The van der Waals surface area contributed by atoms with Crippen LogP contribution in [0.3, 0.4) is 0 Å². The first kappa shape index (κ1) is 18.5. The van der Waals surface area contributed by atoms with Crippen molar-refractivity contribution in [2.75, 3.05) is 13.7 Å². The molecule has 1 atom stereocenters. The van der Waals surface area contributed by atoms with Crippen molar-refractivity contribution in [2.24, 2.45) is 0 Å². The first-order valence-electron chi connectivity index (χ1n) is 9.63. The molecule has 0 radical (unpaired) electrons. The molecule has 1 N–H and O–H groups in total. The van der Waals surface area contributed by atoms with E-state index in [1.807, 2.05) is 45.9 Å². The summed E-state index contributed by atoms with van der Waals surface area (Å²) >= 11 is 0. The van der Waals surface area contributed by atoms with E-state index in [-0.39, 0.29) is 18.6 Å². The summed E-state index contributed by atoms with van der Waals surface area (Å²) in [5.74, 6) is 1.52. The van der Waals surface area contributed by atoms with Crippen molar-refractivity contribution in [3.8, 4) is 5.75 Å². The van der Waals surface area contributed by atoms with Crippen LogP contribution in [0.25, 0.3) is 11.0 Å². The molecule has 28 heavy (non-hydrogen) atoms. The molecular weight excluding hydrogens is 354 g/mol. The summed E-state index contributed by atoms with van der Waals surface area (Å²) in [6, 6.07) is 13.9. The Kier molecular flexibility index (Phi) is 5.05. The number of aliphatic hydroxyl groups is 1. The number of imidazole rings is 1. The van der Waals surface area contributed by atoms with Gasteiger partial charge in [0.05, 0.1) is 24.2 Å². The maximum Gasteiger partial charge on any atom is 0.224 e. The molecule has 0 saturated carbocycles. The maximum absolute atomic E-state index is 13.0. The number of carbonyl (C=O) groups excluding carboxylic acids is 1. The molecule has 0 spiro atoms. The zero-order valence-corrected chi connectivity index (χ0v) is 16.3. The van der Waals surface area contributed by atoms with Crippen molar-refractivity contribution in [2.45, 2.75) is 39.0 Å². The number of amides is 1. The van der Waals surface area contributed by atoms with Gasteiger partial charge in [-0.1, -0.05) is 18.2 Å². The number of nitrogens with zero attached hydrogens (tertiary/aromatic N) is 3. The Balaban J connectivity index is 1.52. The Morgan fingerprint density at radius 2 is 2.11 bits per heavy atom. The number of ether oxygens (including phenoxy) is 1. The van der Waals surface area contributed by atoms with Crippen LogP contribution in [-0.4, -0.2) is 39.1 Å². The lowest BCUT2D eigenvalue weighted by atomic mass is 9.93. The monoisotopic (exact) mass is 379 g/mol. The largest absolute Gasteiger partial charge is 0.497 e. The predicted octanol–water partition coefficient (Wildman–Crippen LogP) is 3.07. The van der Waals surface area contributed by atoms with E-state index in [1.54, 1.807) is 7.11 Å². The number of aliphatic hydroxyl groups excluding tert-OH is 1. The first-order chi connectivity index (χ1) is 13.6. The second-order valence-corrected chi connectivity index (χ2v) is 7.15. The summed E-state index contributed by atoms with van der Waals surface area (Å²) in [5, 5.41) is 9.64. The Labute approximate surface area is 164 Å². The molecule has 0 fully saturated rings. The van der Waals surface area contributed by atoms with Crippen LogP contribution >= 0.6 is 0 Å². The normalized spacial score (nSPS) is 16.2. The van der Waals surface area contributed by atoms with Crippen molar-refractivity contribution in [3.63, 3.8) is 0 Å². The van der Waals surface area contributed by atoms with E-state index in [4.69, 9.17) is 4.74 Å². The fraction of sp³-hybridized carbons (Fsp3) is 0.364. The van der Waals surface area contributed by atoms with Crippen LogP contribution in [0.4, 0.5) is 0 Å². The summed E-state index contributed by atoms with van der Waals surface area (Å²) in [5.41, 5.74) is 4.22. The lowest BCUT2D eigenvalue weighted by Gasteiger charge is -2.35. The molecular formula is C22H25N3O3. The SMILES string of the molecule is COc1ccc2c(c1)C(C)N(C(=O)CCn1c(CO)nc3ccccc31)CC2. The number of hydrogen-bond acceptors (Lipinski definition) is 4. The third kappa shape index (κ3) is 3.24. The molecule has 6 nitrogen and oxygen atoms in total. The van der Waals surface area contributed by atoms with E-state index in [0.717, 1.165) is 35.3 Å². The van der Waals surface area contributed by atoms with Gasteiger partial charge in [-0.15, -0.1) is 0 Å². The second kappa shape index (κ2) is 7.64. The highest BCUT2D eigenvalue weighted by molar-refractivity contribution is 5.78. The van der Waals surface area contributed by atoms with Crippen molar-refractivity contribution < 1.29 is 14.6 Å². The van der Waals surface area contributed by atoms with E-state index in [9.17, 15) is 9.90 Å². The predicted molar refractivity (Wildman–Crippen MR) is 107 cm³/mol. The van der Waals surface area contributed by atoms with Gasteiger partial charge < -0.3 is 19.3 Å². The summed E-state index contributed by atoms with van der Waals surface area (Å²) in [7, 11) is 1.66. The number of methoxy groups -OCH3 is 1. The fourth-order valence-electron chi connectivity index (χ4n) is 4.11. The summed E-state index contributed by atoms with van der Waals surface area (Å²) in [6.45, 7) is 3.15. The molecule has 0 saturated heterocycles. The zero-order chi connectivity index (χ0) is 19.7. The zero-order valence-electron chi connectivity index (χ0n) is 16.3. The van der Waals surface area contributed by atoms with Gasteiger partial charge in [-0.05, 0) is 48.7 Å². The van der Waals surface area contributed by atoms with Crippen LogP contribution in [0.5, 0.6) is 5.75 Å². The minimum atomic E-state index is -0.143. The van der Waals surface area contributed by atoms with Gasteiger partial charge in [-0.2, -0.15) is 0 Å². The maximum atomic E-state index is 13.0. The highest BCUT2D eigenvalue weighted by Gasteiger charge is 2.28. The molecule has 146 valence electrons. The van der Waals surface area contributed by atoms with Crippen LogP contribution in [0.15, 0.2) is 42.5 Å². The average Bonchev–Trinajstić information content (AvgIpc) is 3.10. The molecule has 1 amide bonds. The molecule has 2 heterocycles. The number of aryl methyl sites for hydroxylation is 1. The fourth-order valence-corrected chi connectivity index (χ4v) is 4.11. The van der Waals surface area contributed by atoms with Gasteiger partial charge in [0.15, 0.2) is 0 Å². The van der Waals surface area contributed by atoms with Gasteiger partial charge in [-0.3, -0.25) is 4.79 Å². The van der Waals surface area contributed by atoms with Crippen LogP contribution in [-0.2, 0) is 24.4 Å². The Bertz CT molecular complexity index is 1010. The van der Waals surface area contributed by atoms with Crippen molar-refractivity contribution >= 4 is 16.9 Å². The lowest BCUT2D eigenvalue weighted by molar-refractivity contribution is -0.134. The number of fused-ring (bicyclic) bond motifs is 2. The highest BCUT2D eigenvalue weighted by atomic mass is 16.5. The van der Waals surface area contributed by atoms with Gasteiger partial charge in [0.1, 0.15) is 18.2 Å². The lowest BCUT2D eigenvalue weighted by Crippen LogP contribution is -2.39. The third-order valence-corrected chi connectivity index (χ3v) is 5.64. The molecule has 4 rings (SSSR count). The number of rotatable bonds is 5. The van der Waals surface area contributed by atoms with Crippen LogP contribution in [0, 0.1) is 0 Å². The smallest absolute Gasteiger partial charge is 0.224 e. The second-order valence-electron chi connectivity index (χ2n) is 7.15. The minimum Gasteiger partial charge on any atom is -0.497 e. The van der Waals surface area contributed by atoms with Gasteiger partial charge in [0, 0.05) is 19.5 Å². The van der Waals surface area contributed by atoms with Crippen LogP contribution < -0.4 is 4.74 Å². The summed E-state index contributed by atoms with van der Waals surface area (Å²) < 4.78 is 7.29. The van der Waals surface area contributed by atoms with Crippen molar-refractivity contribution in [1.29, 1.82) is 0 Å². The van der Waals surface area contributed by atoms with Gasteiger partial charge in [0.25, 0.3) is 0 Å². The molecule has 2 aromatic carbocycles. The summed E-state index contributed by atoms with van der Waals surface area (Å²) in [4.78, 5) is 19.4. The molecule has 1 aliphatic heterocycles. The molecule has 1 unspecified atom stereocenters. The number of aromatic nitrogens is 2. The highest BCUT2D eigenvalue weighted by Crippen LogP contribution is 2.32. The topological polar surface area (TPSA) is 67.6 Å². The number of carbonyl (C=O) groups is 1. The van der Waals surface area contributed by atoms with E-state index in [1.165, 1.54) is 5.56 Å². The first-order valence-corrected chi connectivity index (χ1v) is 9.63.